The van der Waals surface area contributed by atoms with E-state index in [0.29, 0.717) is 24.2 Å². The van der Waals surface area contributed by atoms with E-state index >= 15 is 0 Å². The van der Waals surface area contributed by atoms with Crippen LogP contribution in [0, 0.1) is 0 Å². The number of sulfonamides is 1. The lowest BCUT2D eigenvalue weighted by Crippen LogP contribution is -2.37. The first-order chi connectivity index (χ1) is 13.7. The SMILES string of the molecule is Cn1cc(-c2ccc3c(c2)CCN(c2ccc(O)c(NS(C)(=O)=O)c2)C3=O)cn1. The molecule has 1 aliphatic heterocycles. The van der Waals surface area contributed by atoms with Crippen molar-refractivity contribution in [2.24, 2.45) is 7.05 Å². The number of fused-ring (bicyclic) bond motifs is 1. The van der Waals surface area contributed by atoms with E-state index in [1.807, 2.05) is 31.4 Å². The van der Waals surface area contributed by atoms with Crippen molar-refractivity contribution in [2.75, 3.05) is 22.4 Å². The standard InChI is InChI=1S/C20H20N4O4S/c1-23-12-15(11-21-23)13-3-5-17-14(9-13)7-8-24(20(17)26)16-4-6-19(25)18(10-16)22-29(2,27)28/h3-6,9-12,22,25H,7-8H2,1-2H3. The molecule has 2 heterocycles. The number of carbonyl (C=O) groups is 1. The molecule has 0 bridgehead atoms. The zero-order chi connectivity index (χ0) is 20.8. The summed E-state index contributed by atoms with van der Waals surface area (Å²) in [6.45, 7) is 0.450. The lowest BCUT2D eigenvalue weighted by atomic mass is 9.94. The Morgan fingerprint density at radius 2 is 1.93 bits per heavy atom. The highest BCUT2D eigenvalue weighted by Gasteiger charge is 2.26. The van der Waals surface area contributed by atoms with Gasteiger partial charge in [-0.25, -0.2) is 8.42 Å². The van der Waals surface area contributed by atoms with Crippen LogP contribution in [0.1, 0.15) is 15.9 Å². The lowest BCUT2D eigenvalue weighted by Gasteiger charge is -2.29. The van der Waals surface area contributed by atoms with Gasteiger partial charge in [-0.05, 0) is 41.8 Å². The van der Waals surface area contributed by atoms with Gasteiger partial charge in [0, 0.05) is 36.6 Å². The molecule has 0 unspecified atom stereocenters. The van der Waals surface area contributed by atoms with Gasteiger partial charge in [0.15, 0.2) is 0 Å². The highest BCUT2D eigenvalue weighted by molar-refractivity contribution is 7.92. The van der Waals surface area contributed by atoms with Crippen LogP contribution in [0.4, 0.5) is 11.4 Å². The predicted molar refractivity (Wildman–Crippen MR) is 111 cm³/mol. The van der Waals surface area contributed by atoms with E-state index in [1.54, 1.807) is 21.8 Å². The van der Waals surface area contributed by atoms with Crippen LogP contribution >= 0.6 is 0 Å². The second-order valence-electron chi connectivity index (χ2n) is 7.06. The minimum Gasteiger partial charge on any atom is -0.506 e. The van der Waals surface area contributed by atoms with Crippen LogP contribution in [-0.2, 0) is 23.5 Å². The van der Waals surface area contributed by atoms with Gasteiger partial charge in [-0.3, -0.25) is 14.2 Å². The molecule has 3 aromatic rings. The van der Waals surface area contributed by atoms with Crippen LogP contribution in [0.2, 0.25) is 0 Å². The van der Waals surface area contributed by atoms with Gasteiger partial charge in [-0.2, -0.15) is 5.10 Å². The summed E-state index contributed by atoms with van der Waals surface area (Å²) in [5.74, 6) is -0.370. The number of nitrogens with one attached hydrogen (secondary N) is 1. The Balaban J connectivity index is 1.65. The number of phenols is 1. The Kier molecular flexibility index (Phi) is 4.54. The quantitative estimate of drug-likeness (QED) is 0.640. The van der Waals surface area contributed by atoms with Gasteiger partial charge in [0.1, 0.15) is 5.75 Å². The summed E-state index contributed by atoms with van der Waals surface area (Å²) in [7, 11) is -1.70. The Morgan fingerprint density at radius 3 is 2.62 bits per heavy atom. The van der Waals surface area contributed by atoms with E-state index in [-0.39, 0.29) is 17.3 Å². The smallest absolute Gasteiger partial charge is 0.258 e. The number of hydrogen-bond acceptors (Lipinski definition) is 5. The summed E-state index contributed by atoms with van der Waals surface area (Å²) in [5.41, 5.74) is 4.11. The van der Waals surface area contributed by atoms with Gasteiger partial charge in [-0.1, -0.05) is 12.1 Å². The first-order valence-electron chi connectivity index (χ1n) is 8.96. The van der Waals surface area contributed by atoms with Gasteiger partial charge in [0.2, 0.25) is 10.0 Å². The fourth-order valence-electron chi connectivity index (χ4n) is 3.46. The molecule has 1 amide bonds. The molecule has 0 radical (unpaired) electrons. The maximum Gasteiger partial charge on any atom is 0.258 e. The van der Waals surface area contributed by atoms with E-state index in [2.05, 4.69) is 9.82 Å². The Morgan fingerprint density at radius 1 is 1.14 bits per heavy atom. The third-order valence-corrected chi connectivity index (χ3v) is 5.40. The van der Waals surface area contributed by atoms with E-state index in [4.69, 9.17) is 0 Å². The topological polar surface area (TPSA) is 105 Å². The number of anilines is 2. The fraction of sp³-hybridized carbons (Fsp3) is 0.200. The molecular weight excluding hydrogens is 392 g/mol. The van der Waals surface area contributed by atoms with Crippen LogP contribution in [-0.4, -0.2) is 42.0 Å². The normalized spacial score (nSPS) is 14.0. The number of hydrogen-bond donors (Lipinski definition) is 2. The highest BCUT2D eigenvalue weighted by Crippen LogP contribution is 2.33. The van der Waals surface area contributed by atoms with Crippen LogP contribution in [0.25, 0.3) is 11.1 Å². The number of aryl methyl sites for hydroxylation is 1. The molecule has 0 atom stereocenters. The van der Waals surface area contributed by atoms with Crippen molar-refractivity contribution in [3.05, 3.63) is 59.9 Å². The van der Waals surface area contributed by atoms with Crippen molar-refractivity contribution in [1.82, 2.24) is 9.78 Å². The molecule has 8 nitrogen and oxygen atoms in total. The number of aromatic hydroxyl groups is 1. The molecular formula is C20H20N4O4S. The predicted octanol–water partition coefficient (Wildman–Crippen LogP) is 2.37. The van der Waals surface area contributed by atoms with Crippen LogP contribution in [0.5, 0.6) is 5.75 Å². The van der Waals surface area contributed by atoms with Crippen molar-refractivity contribution in [1.29, 1.82) is 0 Å². The Hall–Kier alpha value is -3.33. The first kappa shape index (κ1) is 19.0. The van der Waals surface area contributed by atoms with Crippen molar-refractivity contribution in [3.63, 3.8) is 0 Å². The summed E-state index contributed by atoms with van der Waals surface area (Å²) in [5, 5.41) is 14.1. The summed E-state index contributed by atoms with van der Waals surface area (Å²) in [6, 6.07) is 10.1. The Bertz CT molecular complexity index is 1220. The second-order valence-corrected chi connectivity index (χ2v) is 8.81. The molecule has 1 aliphatic rings. The summed E-state index contributed by atoms with van der Waals surface area (Å²) >= 11 is 0. The molecule has 0 aliphatic carbocycles. The molecule has 0 saturated carbocycles. The number of benzene rings is 2. The van der Waals surface area contributed by atoms with Crippen molar-refractivity contribution in [3.8, 4) is 16.9 Å². The number of phenolic OH excluding ortho intramolecular Hbond substituents is 1. The monoisotopic (exact) mass is 412 g/mol. The van der Waals surface area contributed by atoms with Crippen LogP contribution in [0.3, 0.4) is 0 Å². The van der Waals surface area contributed by atoms with Crippen molar-refractivity contribution >= 4 is 27.3 Å². The minimum atomic E-state index is -3.56. The molecule has 150 valence electrons. The van der Waals surface area contributed by atoms with Crippen molar-refractivity contribution < 1.29 is 18.3 Å². The second kappa shape index (κ2) is 6.93. The summed E-state index contributed by atoms with van der Waals surface area (Å²) in [6.07, 6.45) is 5.36. The lowest BCUT2D eigenvalue weighted by molar-refractivity contribution is 0.0980. The fourth-order valence-corrected chi connectivity index (χ4v) is 4.02. The maximum absolute atomic E-state index is 13.1. The highest BCUT2D eigenvalue weighted by atomic mass is 32.2. The minimum absolute atomic E-state index is 0.0375. The van der Waals surface area contributed by atoms with Gasteiger partial charge >= 0.3 is 0 Å². The van der Waals surface area contributed by atoms with Gasteiger partial charge < -0.3 is 10.0 Å². The molecule has 2 aromatic carbocycles. The molecule has 9 heteroatoms. The van der Waals surface area contributed by atoms with Crippen LogP contribution < -0.4 is 9.62 Å². The number of nitrogens with zero attached hydrogens (tertiary/aromatic N) is 3. The largest absolute Gasteiger partial charge is 0.506 e. The Labute approximate surface area is 168 Å². The number of rotatable bonds is 4. The zero-order valence-corrected chi connectivity index (χ0v) is 16.8. The summed E-state index contributed by atoms with van der Waals surface area (Å²) < 4.78 is 27.0. The third kappa shape index (κ3) is 3.81. The molecule has 4 rings (SSSR count). The van der Waals surface area contributed by atoms with Crippen LogP contribution in [0.15, 0.2) is 48.8 Å². The number of aromatic nitrogens is 2. The van der Waals surface area contributed by atoms with Gasteiger partial charge in [0.25, 0.3) is 5.91 Å². The summed E-state index contributed by atoms with van der Waals surface area (Å²) in [4.78, 5) is 14.6. The molecule has 29 heavy (non-hydrogen) atoms. The zero-order valence-electron chi connectivity index (χ0n) is 16.0. The maximum atomic E-state index is 13.1. The van der Waals surface area contributed by atoms with Gasteiger partial charge in [0.05, 0.1) is 18.1 Å². The van der Waals surface area contributed by atoms with E-state index in [1.165, 1.54) is 12.1 Å². The average Bonchev–Trinajstić information content (AvgIpc) is 3.09. The molecule has 1 aromatic heterocycles. The number of amides is 1. The number of carbonyl (C=O) groups excluding carboxylic acids is 1. The van der Waals surface area contributed by atoms with E-state index in [9.17, 15) is 18.3 Å². The molecule has 0 saturated heterocycles. The molecule has 2 N–H and O–H groups in total. The van der Waals surface area contributed by atoms with Crippen molar-refractivity contribution in [2.45, 2.75) is 6.42 Å². The third-order valence-electron chi connectivity index (χ3n) is 4.81. The van der Waals surface area contributed by atoms with E-state index in [0.717, 1.165) is 22.9 Å². The van der Waals surface area contributed by atoms with E-state index < -0.39 is 10.0 Å². The average molecular weight is 412 g/mol. The molecule has 0 fully saturated rings. The van der Waals surface area contributed by atoms with Gasteiger partial charge in [-0.15, -0.1) is 0 Å². The molecule has 0 spiro atoms. The first-order valence-corrected chi connectivity index (χ1v) is 10.8.